The SMILES string of the molecule is Cc1c2c(c(C)c3ccccc13)-c1cc3[nH]c(cc4nc(cc5[nH]c(cc-2n1)c1c(C)c2ccccc2c(C)c51)-c1c-4c(C)c2ccccc2c1C)c1c(C)c2ccccc2c(C)c31. The molecule has 4 heteroatoms. The summed E-state index contributed by atoms with van der Waals surface area (Å²) in [6.45, 7) is 18.2. The molecule has 0 aliphatic carbocycles. The zero-order valence-electron chi connectivity index (χ0n) is 37.4. The van der Waals surface area contributed by atoms with Crippen LogP contribution >= 0.6 is 0 Å². The van der Waals surface area contributed by atoms with Crippen molar-refractivity contribution in [2.75, 3.05) is 0 Å². The quantitative estimate of drug-likeness (QED) is 0.160. The summed E-state index contributed by atoms with van der Waals surface area (Å²) in [6.07, 6.45) is 0. The summed E-state index contributed by atoms with van der Waals surface area (Å²) in [5, 5.41) is 15.0. The van der Waals surface area contributed by atoms with Crippen molar-refractivity contribution in [2.24, 2.45) is 0 Å². The van der Waals surface area contributed by atoms with Gasteiger partial charge >= 0.3 is 0 Å². The fourth-order valence-corrected chi connectivity index (χ4v) is 12.2. The lowest BCUT2D eigenvalue weighted by Gasteiger charge is -2.14. The Labute approximate surface area is 371 Å². The number of aryl methyl sites for hydroxylation is 8. The number of fused-ring (bicyclic) bond motifs is 24. The molecule has 0 radical (unpaired) electrons. The van der Waals surface area contributed by atoms with Crippen LogP contribution in [0.5, 0.6) is 0 Å². The van der Waals surface area contributed by atoms with Gasteiger partial charge in [-0.1, -0.05) is 97.1 Å². The highest BCUT2D eigenvalue weighted by Crippen LogP contribution is 2.49. The van der Waals surface area contributed by atoms with Gasteiger partial charge in [-0.05, 0) is 167 Å². The molecule has 5 heterocycles. The second-order valence-corrected chi connectivity index (χ2v) is 18.4. The van der Waals surface area contributed by atoms with Gasteiger partial charge in [0.1, 0.15) is 0 Å². The van der Waals surface area contributed by atoms with Gasteiger partial charge in [-0.15, -0.1) is 0 Å². The van der Waals surface area contributed by atoms with E-state index < -0.39 is 0 Å². The Bertz CT molecular complexity index is 3630. The number of rotatable bonds is 0. The molecule has 13 rings (SSSR count). The zero-order chi connectivity index (χ0) is 43.4. The van der Waals surface area contributed by atoms with E-state index in [0.29, 0.717) is 0 Å². The zero-order valence-corrected chi connectivity index (χ0v) is 37.4. The Morgan fingerprint density at radius 2 is 0.453 bits per heavy atom. The van der Waals surface area contributed by atoms with Crippen LogP contribution in [0.15, 0.2) is 121 Å². The molecule has 4 nitrogen and oxygen atoms in total. The number of aromatic amines is 2. The van der Waals surface area contributed by atoms with Crippen molar-refractivity contribution in [2.45, 2.75) is 55.4 Å². The number of hydrogen-bond donors (Lipinski definition) is 2. The minimum atomic E-state index is 0.970. The van der Waals surface area contributed by atoms with Crippen LogP contribution in [0.4, 0.5) is 0 Å². The van der Waals surface area contributed by atoms with E-state index in [-0.39, 0.29) is 0 Å². The predicted molar refractivity (Wildman–Crippen MR) is 273 cm³/mol. The molecule has 0 unspecified atom stereocenters. The third kappa shape index (κ3) is 4.78. The average molecular weight is 823 g/mol. The molecule has 0 spiro atoms. The molecule has 2 aliphatic heterocycles. The first-order valence-corrected chi connectivity index (χ1v) is 22.5. The van der Waals surface area contributed by atoms with E-state index >= 15 is 0 Å². The molecule has 3 aromatic heterocycles. The first-order chi connectivity index (χ1) is 31.1. The van der Waals surface area contributed by atoms with Crippen LogP contribution in [0, 0.1) is 55.4 Å². The first kappa shape index (κ1) is 37.0. The van der Waals surface area contributed by atoms with E-state index in [4.69, 9.17) is 9.97 Å². The summed E-state index contributed by atoms with van der Waals surface area (Å²) in [6, 6.07) is 44.7. The molecule has 0 atom stereocenters. The number of aromatic nitrogens is 4. The van der Waals surface area contributed by atoms with E-state index in [1.54, 1.807) is 0 Å². The van der Waals surface area contributed by atoms with Crippen molar-refractivity contribution < 1.29 is 0 Å². The predicted octanol–water partition coefficient (Wildman–Crippen LogP) is 16.4. The molecule has 0 saturated heterocycles. The molecule has 306 valence electrons. The van der Waals surface area contributed by atoms with Crippen molar-refractivity contribution in [1.82, 2.24) is 19.9 Å². The molecule has 0 fully saturated rings. The Morgan fingerprint density at radius 3 is 0.656 bits per heavy atom. The molecule has 8 bridgehead atoms. The highest BCUT2D eigenvalue weighted by molar-refractivity contribution is 6.21. The standard InChI is InChI=1S/C60H46N4/c1-29-37-17-9-10-18-38(37)30(2)54-46-26-48-56-32(4)40-20-13-14-22-42(40)34(6)58(56)50(63-48)28-52-60-36(8)44-24-16-15-23-43(44)35(7)59(60)51(64-52)27-49-57-33(5)41-21-12-11-19-39(41)31(3)55(57)47(62-49)25-45(61-46)53(29)54/h9-28,61,64H,1-8H3. The molecule has 11 aromatic rings. The van der Waals surface area contributed by atoms with Gasteiger partial charge in [0.15, 0.2) is 0 Å². The van der Waals surface area contributed by atoms with Gasteiger partial charge in [0, 0.05) is 65.9 Å². The largest absolute Gasteiger partial charge is 0.354 e. The van der Waals surface area contributed by atoms with E-state index in [1.807, 2.05) is 0 Å². The van der Waals surface area contributed by atoms with Gasteiger partial charge in [-0.2, -0.15) is 0 Å². The van der Waals surface area contributed by atoms with Crippen molar-refractivity contribution in [3.05, 3.63) is 166 Å². The van der Waals surface area contributed by atoms with Gasteiger partial charge in [0.05, 0.1) is 22.8 Å². The van der Waals surface area contributed by atoms with Crippen LogP contribution in [-0.2, 0) is 0 Å². The molecular weight excluding hydrogens is 777 g/mol. The maximum atomic E-state index is 5.70. The maximum Gasteiger partial charge on any atom is 0.0740 e. The van der Waals surface area contributed by atoms with E-state index in [2.05, 4.69) is 187 Å². The van der Waals surface area contributed by atoms with E-state index in [1.165, 1.54) is 131 Å². The topological polar surface area (TPSA) is 57.4 Å². The van der Waals surface area contributed by atoms with Crippen molar-refractivity contribution in [3.63, 3.8) is 0 Å². The number of nitrogens with one attached hydrogen (secondary N) is 2. The fraction of sp³-hybridized carbons (Fsp3) is 0.133. The van der Waals surface area contributed by atoms with E-state index in [0.717, 1.165) is 44.8 Å². The Kier molecular flexibility index (Phi) is 7.52. The summed E-state index contributed by atoms with van der Waals surface area (Å²) in [5.74, 6) is 0. The lowest BCUT2D eigenvalue weighted by atomic mass is 9.88. The molecular formula is C60H46N4. The van der Waals surface area contributed by atoms with Gasteiger partial charge in [-0.25, -0.2) is 9.97 Å². The van der Waals surface area contributed by atoms with Crippen molar-refractivity contribution in [1.29, 1.82) is 0 Å². The summed E-state index contributed by atoms with van der Waals surface area (Å²) < 4.78 is 0. The normalized spacial score (nSPS) is 12.4. The molecule has 0 saturated carbocycles. The van der Waals surface area contributed by atoms with E-state index in [9.17, 15) is 0 Å². The molecule has 2 N–H and O–H groups in total. The molecule has 0 amide bonds. The van der Waals surface area contributed by atoms with Crippen molar-refractivity contribution >= 4 is 86.7 Å². The monoisotopic (exact) mass is 822 g/mol. The third-order valence-corrected chi connectivity index (χ3v) is 15.2. The summed E-state index contributed by atoms with van der Waals surface area (Å²) in [7, 11) is 0. The van der Waals surface area contributed by atoms with Gasteiger partial charge in [0.2, 0.25) is 0 Å². The number of hydrogen-bond acceptors (Lipinski definition) is 2. The Hall–Kier alpha value is -7.56. The Morgan fingerprint density at radius 1 is 0.266 bits per heavy atom. The summed E-state index contributed by atoms with van der Waals surface area (Å²) >= 11 is 0. The van der Waals surface area contributed by atoms with Crippen LogP contribution in [0.1, 0.15) is 44.5 Å². The second-order valence-electron chi connectivity index (χ2n) is 18.4. The minimum absolute atomic E-state index is 0.970. The highest BCUT2D eigenvalue weighted by Gasteiger charge is 2.28. The average Bonchev–Trinajstić information content (AvgIpc) is 4.07. The maximum absolute atomic E-state index is 5.70. The molecule has 8 aromatic carbocycles. The van der Waals surface area contributed by atoms with Gasteiger partial charge in [-0.3, -0.25) is 0 Å². The van der Waals surface area contributed by atoms with Crippen molar-refractivity contribution in [3.8, 4) is 45.0 Å². The highest BCUT2D eigenvalue weighted by atomic mass is 14.8. The van der Waals surface area contributed by atoms with Gasteiger partial charge in [0.25, 0.3) is 0 Å². The van der Waals surface area contributed by atoms with Crippen LogP contribution in [0.2, 0.25) is 0 Å². The third-order valence-electron chi connectivity index (χ3n) is 15.2. The molecule has 2 aliphatic rings. The number of H-pyrrole nitrogens is 2. The number of nitrogens with zero attached hydrogens (tertiary/aromatic N) is 2. The first-order valence-electron chi connectivity index (χ1n) is 22.5. The smallest absolute Gasteiger partial charge is 0.0740 e. The Balaban J connectivity index is 1.31. The van der Waals surface area contributed by atoms with Gasteiger partial charge < -0.3 is 9.97 Å². The van der Waals surface area contributed by atoms with Crippen LogP contribution in [0.3, 0.4) is 0 Å². The lowest BCUT2D eigenvalue weighted by molar-refractivity contribution is 1.39. The number of benzene rings is 8. The second kappa shape index (κ2) is 13.0. The minimum Gasteiger partial charge on any atom is -0.354 e. The summed E-state index contributed by atoms with van der Waals surface area (Å²) in [5.41, 5.74) is 22.9. The van der Waals surface area contributed by atoms with Crippen LogP contribution < -0.4 is 0 Å². The fourth-order valence-electron chi connectivity index (χ4n) is 12.2. The van der Waals surface area contributed by atoms with Crippen LogP contribution in [-0.4, -0.2) is 19.9 Å². The summed E-state index contributed by atoms with van der Waals surface area (Å²) in [4.78, 5) is 19.5. The lowest BCUT2D eigenvalue weighted by Crippen LogP contribution is -1.91. The molecule has 64 heavy (non-hydrogen) atoms. The van der Waals surface area contributed by atoms with Crippen LogP contribution in [0.25, 0.3) is 132 Å².